The van der Waals surface area contributed by atoms with Gasteiger partial charge in [-0.1, -0.05) is 25.8 Å². The molecule has 1 fully saturated rings. The molecule has 0 saturated heterocycles. The van der Waals surface area contributed by atoms with Gasteiger partial charge < -0.3 is 4.74 Å². The third kappa shape index (κ3) is 4.58. The van der Waals surface area contributed by atoms with Gasteiger partial charge in [0.15, 0.2) is 5.78 Å². The lowest BCUT2D eigenvalue weighted by molar-refractivity contribution is 0.0961. The van der Waals surface area contributed by atoms with E-state index in [1.54, 1.807) is 6.20 Å². The first-order chi connectivity index (χ1) is 13.2. The highest BCUT2D eigenvalue weighted by Crippen LogP contribution is 2.38. The number of benzene rings is 1. The fourth-order valence-corrected chi connectivity index (χ4v) is 4.45. The van der Waals surface area contributed by atoms with E-state index in [4.69, 9.17) is 4.74 Å². The number of fused-ring (bicyclic) bond motifs is 1. The number of carbonyl (C=O) groups is 1. The molecule has 0 radical (unpaired) electrons. The third-order valence-corrected chi connectivity index (χ3v) is 6.10. The molecule has 1 aromatic carbocycles. The van der Waals surface area contributed by atoms with E-state index in [1.165, 1.54) is 25.7 Å². The number of pyridine rings is 1. The molecule has 1 aromatic heterocycles. The van der Waals surface area contributed by atoms with Gasteiger partial charge in [-0.05, 0) is 68.2 Å². The lowest BCUT2D eigenvalue weighted by atomic mass is 9.71. The van der Waals surface area contributed by atoms with Crippen molar-refractivity contribution in [3.8, 4) is 5.75 Å². The second kappa shape index (κ2) is 9.16. The van der Waals surface area contributed by atoms with Gasteiger partial charge in [0, 0.05) is 23.6 Å². The lowest BCUT2D eigenvalue weighted by Crippen LogP contribution is -2.24. The lowest BCUT2D eigenvalue weighted by Gasteiger charge is -2.34. The van der Waals surface area contributed by atoms with Crippen molar-refractivity contribution in [2.24, 2.45) is 17.8 Å². The summed E-state index contributed by atoms with van der Waals surface area (Å²) in [7, 11) is 0. The maximum Gasteiger partial charge on any atom is 0.163 e. The number of nitrogens with zero attached hydrogens (tertiary/aromatic N) is 1. The molecule has 0 aliphatic heterocycles. The number of allylic oxidation sites excluding steroid dienone is 1. The highest BCUT2D eigenvalue weighted by Gasteiger charge is 2.28. The number of rotatable bonds is 8. The second-order valence-corrected chi connectivity index (χ2v) is 7.68. The van der Waals surface area contributed by atoms with Gasteiger partial charge in [-0.15, -0.1) is 6.58 Å². The molecule has 0 amide bonds. The maximum atomic E-state index is 13.0. The van der Waals surface area contributed by atoms with Crippen LogP contribution in [0, 0.1) is 17.8 Å². The summed E-state index contributed by atoms with van der Waals surface area (Å²) >= 11 is 0. The van der Waals surface area contributed by atoms with Crippen molar-refractivity contribution in [2.45, 2.75) is 52.4 Å². The molecule has 2 aromatic rings. The Morgan fingerprint density at radius 3 is 2.89 bits per heavy atom. The Labute approximate surface area is 162 Å². The average molecular weight is 366 g/mol. The Morgan fingerprint density at radius 1 is 1.30 bits per heavy atom. The van der Waals surface area contributed by atoms with Crippen molar-refractivity contribution in [2.75, 3.05) is 6.61 Å². The summed E-state index contributed by atoms with van der Waals surface area (Å²) in [5, 5.41) is 0.892. The Balaban J connectivity index is 1.72. The molecule has 1 aliphatic rings. The molecule has 1 saturated carbocycles. The summed E-state index contributed by atoms with van der Waals surface area (Å²) in [4.78, 5) is 17.4. The standard InChI is InChI=1S/C24H31NO2/c1-4-17-7-8-19(18(5-2)15-17)9-12-24(26)21-13-14-25-23-11-10-20(27-6-3)16-22(21)23/h5,10-11,13-14,16-19H,2,4,6-9,12,15H2,1,3H3. The van der Waals surface area contributed by atoms with E-state index in [9.17, 15) is 4.79 Å². The minimum Gasteiger partial charge on any atom is -0.494 e. The molecular formula is C24H31NO2. The maximum absolute atomic E-state index is 13.0. The second-order valence-electron chi connectivity index (χ2n) is 7.68. The van der Waals surface area contributed by atoms with E-state index in [0.29, 0.717) is 24.9 Å². The van der Waals surface area contributed by atoms with Crippen LogP contribution in [0.1, 0.15) is 62.7 Å². The Kier molecular flexibility index (Phi) is 6.65. The fourth-order valence-electron chi connectivity index (χ4n) is 4.45. The molecule has 0 bridgehead atoms. The van der Waals surface area contributed by atoms with Crippen molar-refractivity contribution in [3.05, 3.63) is 48.7 Å². The highest BCUT2D eigenvalue weighted by molar-refractivity contribution is 6.07. The van der Waals surface area contributed by atoms with E-state index >= 15 is 0 Å². The molecule has 3 rings (SSSR count). The van der Waals surface area contributed by atoms with Crippen LogP contribution < -0.4 is 4.74 Å². The molecule has 0 spiro atoms. The summed E-state index contributed by atoms with van der Waals surface area (Å²) in [5.74, 6) is 2.95. The Morgan fingerprint density at radius 2 is 2.15 bits per heavy atom. The summed E-state index contributed by atoms with van der Waals surface area (Å²) in [6.07, 6.45) is 10.4. The average Bonchev–Trinajstić information content (AvgIpc) is 2.71. The minimum atomic E-state index is 0.205. The highest BCUT2D eigenvalue weighted by atomic mass is 16.5. The summed E-state index contributed by atoms with van der Waals surface area (Å²) in [6.45, 7) is 8.90. The molecule has 3 unspecified atom stereocenters. The van der Waals surface area contributed by atoms with Crippen LogP contribution in [0.5, 0.6) is 5.75 Å². The summed E-state index contributed by atoms with van der Waals surface area (Å²) in [6, 6.07) is 7.63. The van der Waals surface area contributed by atoms with Crippen LogP contribution in [0.25, 0.3) is 10.9 Å². The Bertz CT molecular complexity index is 798. The predicted molar refractivity (Wildman–Crippen MR) is 111 cm³/mol. The number of ketones is 1. The molecule has 0 N–H and O–H groups in total. The Hall–Kier alpha value is -2.16. The topological polar surface area (TPSA) is 39.2 Å². The number of aromatic nitrogens is 1. The number of Topliss-reactive ketones (excluding diaryl/α,β-unsaturated/α-hetero) is 1. The molecule has 3 nitrogen and oxygen atoms in total. The van der Waals surface area contributed by atoms with Crippen LogP contribution in [-0.2, 0) is 0 Å². The monoisotopic (exact) mass is 365 g/mol. The quantitative estimate of drug-likeness (QED) is 0.411. The molecule has 3 atom stereocenters. The summed E-state index contributed by atoms with van der Waals surface area (Å²) in [5.41, 5.74) is 1.61. The fraction of sp³-hybridized carbons (Fsp3) is 0.500. The van der Waals surface area contributed by atoms with Gasteiger partial charge in [0.05, 0.1) is 12.1 Å². The predicted octanol–water partition coefficient (Wildman–Crippen LogP) is 6.22. The van der Waals surface area contributed by atoms with Gasteiger partial charge in [-0.3, -0.25) is 9.78 Å². The van der Waals surface area contributed by atoms with E-state index in [0.717, 1.165) is 34.6 Å². The van der Waals surface area contributed by atoms with Crippen molar-refractivity contribution in [3.63, 3.8) is 0 Å². The van der Waals surface area contributed by atoms with Gasteiger partial charge in [0.25, 0.3) is 0 Å². The first-order valence-electron chi connectivity index (χ1n) is 10.3. The number of carbonyl (C=O) groups excluding carboxylic acids is 1. The number of ether oxygens (including phenoxy) is 1. The molecule has 1 heterocycles. The van der Waals surface area contributed by atoms with Crippen LogP contribution >= 0.6 is 0 Å². The van der Waals surface area contributed by atoms with Crippen LogP contribution in [0.3, 0.4) is 0 Å². The van der Waals surface area contributed by atoms with Crippen LogP contribution in [0.15, 0.2) is 43.1 Å². The van der Waals surface area contributed by atoms with Crippen LogP contribution in [-0.4, -0.2) is 17.4 Å². The molecule has 1 aliphatic carbocycles. The van der Waals surface area contributed by atoms with Gasteiger partial charge in [-0.2, -0.15) is 0 Å². The van der Waals surface area contributed by atoms with Gasteiger partial charge in [-0.25, -0.2) is 0 Å². The van der Waals surface area contributed by atoms with Gasteiger partial charge >= 0.3 is 0 Å². The zero-order valence-electron chi connectivity index (χ0n) is 16.6. The zero-order chi connectivity index (χ0) is 19.2. The van der Waals surface area contributed by atoms with Crippen molar-refractivity contribution in [1.82, 2.24) is 4.98 Å². The summed E-state index contributed by atoms with van der Waals surface area (Å²) < 4.78 is 5.60. The van der Waals surface area contributed by atoms with Gasteiger partial charge in [0.1, 0.15) is 5.75 Å². The van der Waals surface area contributed by atoms with E-state index in [1.807, 2.05) is 31.2 Å². The van der Waals surface area contributed by atoms with Crippen LogP contribution in [0.2, 0.25) is 0 Å². The van der Waals surface area contributed by atoms with Crippen molar-refractivity contribution in [1.29, 1.82) is 0 Å². The number of hydrogen-bond acceptors (Lipinski definition) is 3. The molecule has 144 valence electrons. The smallest absolute Gasteiger partial charge is 0.163 e. The molecule has 27 heavy (non-hydrogen) atoms. The SMILES string of the molecule is C=CC1CC(CC)CCC1CCC(=O)c1ccnc2ccc(OCC)cc12. The van der Waals surface area contributed by atoms with E-state index in [-0.39, 0.29) is 5.78 Å². The van der Waals surface area contributed by atoms with Crippen molar-refractivity contribution < 1.29 is 9.53 Å². The first kappa shape index (κ1) is 19.6. The van der Waals surface area contributed by atoms with Gasteiger partial charge in [0.2, 0.25) is 0 Å². The van der Waals surface area contributed by atoms with Crippen molar-refractivity contribution >= 4 is 16.7 Å². The van der Waals surface area contributed by atoms with E-state index < -0.39 is 0 Å². The van der Waals surface area contributed by atoms with Crippen LogP contribution in [0.4, 0.5) is 0 Å². The largest absolute Gasteiger partial charge is 0.494 e. The first-order valence-corrected chi connectivity index (χ1v) is 10.3. The minimum absolute atomic E-state index is 0.205. The number of hydrogen-bond donors (Lipinski definition) is 0. The molecular weight excluding hydrogens is 334 g/mol. The third-order valence-electron chi connectivity index (χ3n) is 6.10. The normalized spacial score (nSPS) is 22.5. The zero-order valence-corrected chi connectivity index (χ0v) is 16.6. The molecule has 3 heteroatoms. The van der Waals surface area contributed by atoms with E-state index in [2.05, 4.69) is 24.6 Å².